The molecule has 0 aliphatic rings. The smallest absolute Gasteiger partial charge is 0.337 e. The number of rotatable bonds is 10. The van der Waals surface area contributed by atoms with Crippen molar-refractivity contribution in [2.24, 2.45) is 5.92 Å². The molecule has 0 saturated carbocycles. The van der Waals surface area contributed by atoms with Gasteiger partial charge >= 0.3 is 5.97 Å². The van der Waals surface area contributed by atoms with Crippen LogP contribution in [-0.2, 0) is 17.7 Å². The molecule has 0 spiro atoms. The Balaban J connectivity index is 1.94. The second-order valence-electron chi connectivity index (χ2n) is 8.28. The number of aryl methyl sites for hydroxylation is 1. The average Bonchev–Trinajstić information content (AvgIpc) is 3.20. The summed E-state index contributed by atoms with van der Waals surface area (Å²) in [7, 11) is 2.95. The molecule has 3 aromatic rings. The van der Waals surface area contributed by atoms with Crippen molar-refractivity contribution >= 4 is 22.8 Å². The maximum absolute atomic E-state index is 12.8. The van der Waals surface area contributed by atoms with Gasteiger partial charge in [0.1, 0.15) is 5.75 Å². The number of aromatic nitrogens is 1. The Hall–Kier alpha value is -3.28. The van der Waals surface area contributed by atoms with Crippen LogP contribution in [0.15, 0.2) is 42.6 Å². The number of nitrogens with one attached hydrogen (secondary N) is 1. The molecule has 0 radical (unpaired) electrons. The summed E-state index contributed by atoms with van der Waals surface area (Å²) in [5, 5.41) is 4.22. The van der Waals surface area contributed by atoms with Crippen LogP contribution in [-0.4, -0.2) is 37.2 Å². The highest BCUT2D eigenvalue weighted by molar-refractivity contribution is 5.98. The first-order valence-corrected chi connectivity index (χ1v) is 11.6. The molecule has 176 valence electrons. The second kappa shape index (κ2) is 11.0. The Labute approximate surface area is 195 Å². The molecule has 33 heavy (non-hydrogen) atoms. The van der Waals surface area contributed by atoms with Crippen LogP contribution >= 0.6 is 0 Å². The van der Waals surface area contributed by atoms with Gasteiger partial charge in [0.25, 0.3) is 5.91 Å². The summed E-state index contributed by atoms with van der Waals surface area (Å²) in [5.74, 6) is 0.670. The number of hydrogen-bond donors (Lipinski definition) is 1. The van der Waals surface area contributed by atoms with Gasteiger partial charge in [0.15, 0.2) is 0 Å². The van der Waals surface area contributed by atoms with Crippen molar-refractivity contribution in [3.63, 3.8) is 0 Å². The largest absolute Gasteiger partial charge is 0.496 e. The predicted octanol–water partition coefficient (Wildman–Crippen LogP) is 5.21. The molecule has 0 aliphatic heterocycles. The molecule has 1 aromatic heterocycles. The average molecular weight is 451 g/mol. The maximum Gasteiger partial charge on any atom is 0.337 e. The number of carbonyl (C=O) groups excluding carboxylic acids is 2. The standard InChI is InChI=1S/C27H34N2O4/c1-6-18(7-2)15-28-26(30)20-11-12-23-19(8-3)16-29(24(23)13-20)17-22-10-9-21(27(31)33-5)14-25(22)32-4/h9-14,16,18H,6-8,15,17H2,1-5H3,(H,28,30). The normalized spacial score (nSPS) is 11.1. The Kier molecular flexibility index (Phi) is 8.15. The number of esters is 1. The highest BCUT2D eigenvalue weighted by Gasteiger charge is 2.15. The molecule has 6 heteroatoms. The van der Waals surface area contributed by atoms with E-state index in [2.05, 4.69) is 36.9 Å². The third-order valence-electron chi connectivity index (χ3n) is 6.36. The van der Waals surface area contributed by atoms with Crippen molar-refractivity contribution in [3.05, 3.63) is 64.8 Å². The summed E-state index contributed by atoms with van der Waals surface area (Å²) in [6.45, 7) is 7.67. The molecule has 0 fully saturated rings. The Morgan fingerprint density at radius 2 is 1.70 bits per heavy atom. The Morgan fingerprint density at radius 1 is 0.970 bits per heavy atom. The van der Waals surface area contributed by atoms with E-state index >= 15 is 0 Å². The van der Waals surface area contributed by atoms with Crippen LogP contribution in [0.1, 0.15) is 65.5 Å². The van der Waals surface area contributed by atoms with E-state index in [9.17, 15) is 9.59 Å². The van der Waals surface area contributed by atoms with Gasteiger partial charge in [-0.3, -0.25) is 4.79 Å². The number of hydrogen-bond acceptors (Lipinski definition) is 4. The highest BCUT2D eigenvalue weighted by atomic mass is 16.5. The second-order valence-corrected chi connectivity index (χ2v) is 8.28. The van der Waals surface area contributed by atoms with Crippen molar-refractivity contribution < 1.29 is 19.1 Å². The zero-order valence-corrected chi connectivity index (χ0v) is 20.2. The molecule has 0 bridgehead atoms. The molecule has 0 saturated heterocycles. The predicted molar refractivity (Wildman–Crippen MR) is 131 cm³/mol. The number of benzene rings is 2. The van der Waals surface area contributed by atoms with Crippen LogP contribution in [0.5, 0.6) is 5.75 Å². The van der Waals surface area contributed by atoms with Crippen molar-refractivity contribution in [3.8, 4) is 5.75 Å². The molecule has 0 aliphatic carbocycles. The van der Waals surface area contributed by atoms with Gasteiger partial charge in [-0.05, 0) is 42.2 Å². The van der Waals surface area contributed by atoms with E-state index < -0.39 is 5.97 Å². The van der Waals surface area contributed by atoms with Crippen molar-refractivity contribution in [1.82, 2.24) is 9.88 Å². The van der Waals surface area contributed by atoms with Crippen molar-refractivity contribution in [2.75, 3.05) is 20.8 Å². The molecule has 3 rings (SSSR count). The summed E-state index contributed by atoms with van der Waals surface area (Å²) in [6, 6.07) is 11.2. The first-order chi connectivity index (χ1) is 15.9. The van der Waals surface area contributed by atoms with Gasteiger partial charge in [0.2, 0.25) is 0 Å². The fourth-order valence-electron chi connectivity index (χ4n) is 4.14. The van der Waals surface area contributed by atoms with Gasteiger partial charge < -0.3 is 19.4 Å². The fourth-order valence-corrected chi connectivity index (χ4v) is 4.14. The number of carbonyl (C=O) groups is 2. The Bertz CT molecular complexity index is 1130. The summed E-state index contributed by atoms with van der Waals surface area (Å²) < 4.78 is 12.5. The van der Waals surface area contributed by atoms with E-state index in [0.29, 0.717) is 35.9 Å². The van der Waals surface area contributed by atoms with E-state index in [1.54, 1.807) is 19.2 Å². The van der Waals surface area contributed by atoms with Gasteiger partial charge in [0, 0.05) is 34.8 Å². The number of methoxy groups -OCH3 is 2. The van der Waals surface area contributed by atoms with E-state index in [0.717, 1.165) is 35.7 Å². The minimum absolute atomic E-state index is 0.0467. The van der Waals surface area contributed by atoms with Gasteiger partial charge in [-0.1, -0.05) is 45.7 Å². The lowest BCUT2D eigenvalue weighted by atomic mass is 10.0. The first-order valence-electron chi connectivity index (χ1n) is 11.6. The number of amides is 1. The Morgan fingerprint density at radius 3 is 2.33 bits per heavy atom. The topological polar surface area (TPSA) is 69.6 Å². The zero-order valence-electron chi connectivity index (χ0n) is 20.2. The minimum Gasteiger partial charge on any atom is -0.496 e. The summed E-state index contributed by atoms with van der Waals surface area (Å²) in [5.41, 5.74) is 4.26. The fraction of sp³-hybridized carbons (Fsp3) is 0.407. The number of ether oxygens (including phenoxy) is 2. The first kappa shape index (κ1) is 24.4. The van der Waals surface area contributed by atoms with E-state index in [-0.39, 0.29) is 5.91 Å². The quantitative estimate of drug-likeness (QED) is 0.430. The molecule has 0 unspecified atom stereocenters. The van der Waals surface area contributed by atoms with Crippen LogP contribution in [0, 0.1) is 5.92 Å². The highest BCUT2D eigenvalue weighted by Crippen LogP contribution is 2.27. The van der Waals surface area contributed by atoms with E-state index in [1.807, 2.05) is 24.3 Å². The van der Waals surface area contributed by atoms with Gasteiger partial charge in [0.05, 0.1) is 26.3 Å². The number of nitrogens with zero attached hydrogens (tertiary/aromatic N) is 1. The molecule has 6 nitrogen and oxygen atoms in total. The van der Waals surface area contributed by atoms with Gasteiger partial charge in [-0.15, -0.1) is 0 Å². The molecule has 1 heterocycles. The molecular formula is C27H34N2O4. The van der Waals surface area contributed by atoms with E-state index in [1.165, 1.54) is 12.7 Å². The van der Waals surface area contributed by atoms with Crippen LogP contribution in [0.2, 0.25) is 0 Å². The molecule has 1 amide bonds. The van der Waals surface area contributed by atoms with E-state index in [4.69, 9.17) is 9.47 Å². The third-order valence-corrected chi connectivity index (χ3v) is 6.36. The lowest BCUT2D eigenvalue weighted by Crippen LogP contribution is -2.28. The third kappa shape index (κ3) is 5.38. The summed E-state index contributed by atoms with van der Waals surface area (Å²) >= 11 is 0. The SMILES string of the molecule is CCc1cn(Cc2ccc(C(=O)OC)cc2OC)c2cc(C(=O)NCC(CC)CC)ccc12. The lowest BCUT2D eigenvalue weighted by molar-refractivity contribution is 0.0600. The van der Waals surface area contributed by atoms with Crippen LogP contribution in [0.3, 0.4) is 0 Å². The van der Waals surface area contributed by atoms with Crippen LogP contribution < -0.4 is 10.1 Å². The minimum atomic E-state index is -0.399. The molecule has 2 aromatic carbocycles. The zero-order chi connectivity index (χ0) is 24.0. The van der Waals surface area contributed by atoms with Crippen LogP contribution in [0.25, 0.3) is 10.9 Å². The number of fused-ring (bicyclic) bond motifs is 1. The summed E-state index contributed by atoms with van der Waals surface area (Å²) in [4.78, 5) is 24.7. The molecular weight excluding hydrogens is 416 g/mol. The molecule has 0 atom stereocenters. The summed E-state index contributed by atoms with van der Waals surface area (Å²) in [6.07, 6.45) is 5.12. The van der Waals surface area contributed by atoms with Crippen molar-refractivity contribution in [2.45, 2.75) is 46.6 Å². The van der Waals surface area contributed by atoms with Gasteiger partial charge in [-0.2, -0.15) is 0 Å². The lowest BCUT2D eigenvalue weighted by Gasteiger charge is -2.14. The maximum atomic E-state index is 12.8. The van der Waals surface area contributed by atoms with Gasteiger partial charge in [-0.25, -0.2) is 4.79 Å². The van der Waals surface area contributed by atoms with Crippen molar-refractivity contribution in [1.29, 1.82) is 0 Å². The monoisotopic (exact) mass is 450 g/mol. The van der Waals surface area contributed by atoms with Crippen LogP contribution in [0.4, 0.5) is 0 Å². The molecule has 1 N–H and O–H groups in total.